The normalized spacial score (nSPS) is 10.7. The first-order valence-corrected chi connectivity index (χ1v) is 7.40. The number of carbonyl (C=O) groups is 1. The molecule has 0 bridgehead atoms. The third-order valence-corrected chi connectivity index (χ3v) is 3.83. The number of amides is 1. The third-order valence-electron chi connectivity index (χ3n) is 3.54. The van der Waals surface area contributed by atoms with E-state index in [-0.39, 0.29) is 10.9 Å². The lowest BCUT2D eigenvalue weighted by molar-refractivity contribution is 0.102. The lowest BCUT2D eigenvalue weighted by atomic mass is 10.2. The quantitative estimate of drug-likeness (QED) is 0.741. The maximum absolute atomic E-state index is 13.2. The van der Waals surface area contributed by atoms with Crippen LogP contribution in [0.2, 0.25) is 5.02 Å². The average molecular weight is 349 g/mol. The Hall–Kier alpha value is -2.73. The highest BCUT2D eigenvalue weighted by molar-refractivity contribution is 6.31. The average Bonchev–Trinajstić information content (AvgIpc) is 3.01. The smallest absolute Gasteiger partial charge is 0.272 e. The third kappa shape index (κ3) is 3.00. The van der Waals surface area contributed by atoms with Gasteiger partial charge in [-0.05, 0) is 30.3 Å². The molecule has 0 saturated carbocycles. The summed E-state index contributed by atoms with van der Waals surface area (Å²) in [4.78, 5) is 15.4. The molecule has 0 radical (unpaired) electrons. The molecular weight excluding hydrogens is 335 g/mol. The molecule has 5 nitrogen and oxygen atoms in total. The Bertz CT molecular complexity index is 924. The standard InChI is InChI=1S/C17H14ClFN2O3/c1-23-11-5-9-6-14(21-16(9)15(8-11)24-2)17(22)20-10-3-4-13(19)12(18)7-10/h3-8,21H,1-2H3,(H,20,22). The van der Waals surface area contributed by atoms with Gasteiger partial charge in [0.15, 0.2) is 0 Å². The van der Waals surface area contributed by atoms with Crippen LogP contribution in [-0.2, 0) is 0 Å². The van der Waals surface area contributed by atoms with E-state index < -0.39 is 5.82 Å². The number of benzene rings is 2. The molecule has 0 fully saturated rings. The summed E-state index contributed by atoms with van der Waals surface area (Å²) in [5, 5.41) is 3.37. The van der Waals surface area contributed by atoms with Crippen LogP contribution >= 0.6 is 11.6 Å². The fourth-order valence-electron chi connectivity index (χ4n) is 2.36. The maximum atomic E-state index is 13.2. The van der Waals surface area contributed by atoms with Gasteiger partial charge in [-0.2, -0.15) is 0 Å². The summed E-state index contributed by atoms with van der Waals surface area (Å²) in [6, 6.07) is 9.17. The number of hydrogen-bond donors (Lipinski definition) is 2. The highest BCUT2D eigenvalue weighted by Gasteiger charge is 2.14. The molecule has 2 N–H and O–H groups in total. The van der Waals surface area contributed by atoms with Crippen molar-refractivity contribution in [2.24, 2.45) is 0 Å². The van der Waals surface area contributed by atoms with Crippen molar-refractivity contribution < 1.29 is 18.7 Å². The molecule has 0 saturated heterocycles. The van der Waals surface area contributed by atoms with Gasteiger partial charge in [-0.1, -0.05) is 11.6 Å². The molecule has 3 aromatic rings. The monoisotopic (exact) mass is 348 g/mol. The molecule has 0 unspecified atom stereocenters. The number of anilines is 1. The van der Waals surface area contributed by atoms with E-state index in [4.69, 9.17) is 21.1 Å². The highest BCUT2D eigenvalue weighted by atomic mass is 35.5. The summed E-state index contributed by atoms with van der Waals surface area (Å²) in [5.41, 5.74) is 1.41. The first kappa shape index (κ1) is 16.1. The van der Waals surface area contributed by atoms with Crippen molar-refractivity contribution in [1.82, 2.24) is 4.98 Å². The lowest BCUT2D eigenvalue weighted by Crippen LogP contribution is -2.12. The second-order valence-electron chi connectivity index (χ2n) is 5.06. The van der Waals surface area contributed by atoms with E-state index in [0.29, 0.717) is 28.4 Å². The van der Waals surface area contributed by atoms with Crippen LogP contribution < -0.4 is 14.8 Å². The number of hydrogen-bond acceptors (Lipinski definition) is 3. The Labute approximate surface area is 142 Å². The minimum absolute atomic E-state index is 0.0594. The van der Waals surface area contributed by atoms with Crippen LogP contribution in [0.1, 0.15) is 10.5 Å². The highest BCUT2D eigenvalue weighted by Crippen LogP contribution is 2.31. The van der Waals surface area contributed by atoms with Crippen molar-refractivity contribution in [1.29, 1.82) is 0 Å². The van der Waals surface area contributed by atoms with Crippen molar-refractivity contribution in [3.05, 3.63) is 52.9 Å². The molecule has 1 heterocycles. The second-order valence-corrected chi connectivity index (χ2v) is 5.47. The van der Waals surface area contributed by atoms with E-state index in [0.717, 1.165) is 5.39 Å². The van der Waals surface area contributed by atoms with Gasteiger partial charge >= 0.3 is 0 Å². The summed E-state index contributed by atoms with van der Waals surface area (Å²) in [6.07, 6.45) is 0. The first-order valence-electron chi connectivity index (χ1n) is 7.03. The number of methoxy groups -OCH3 is 2. The van der Waals surface area contributed by atoms with E-state index in [1.807, 2.05) is 0 Å². The minimum atomic E-state index is -0.544. The molecule has 0 aliphatic heterocycles. The van der Waals surface area contributed by atoms with Crippen molar-refractivity contribution in [2.75, 3.05) is 19.5 Å². The molecule has 2 aromatic carbocycles. The van der Waals surface area contributed by atoms with E-state index >= 15 is 0 Å². The van der Waals surface area contributed by atoms with Crippen molar-refractivity contribution in [3.63, 3.8) is 0 Å². The van der Waals surface area contributed by atoms with Crippen LogP contribution in [0.5, 0.6) is 11.5 Å². The fourth-order valence-corrected chi connectivity index (χ4v) is 2.54. The van der Waals surface area contributed by atoms with E-state index in [1.165, 1.54) is 25.3 Å². The number of aromatic nitrogens is 1. The number of nitrogens with one attached hydrogen (secondary N) is 2. The number of rotatable bonds is 4. The van der Waals surface area contributed by atoms with Crippen LogP contribution in [-0.4, -0.2) is 25.1 Å². The van der Waals surface area contributed by atoms with Gasteiger partial charge in [-0.15, -0.1) is 0 Å². The Morgan fingerprint density at radius 2 is 1.96 bits per heavy atom. The Morgan fingerprint density at radius 1 is 1.17 bits per heavy atom. The van der Waals surface area contributed by atoms with Gasteiger partial charge in [0, 0.05) is 17.1 Å². The molecule has 7 heteroatoms. The molecule has 24 heavy (non-hydrogen) atoms. The Balaban J connectivity index is 1.93. The Kier molecular flexibility index (Phi) is 4.31. The van der Waals surface area contributed by atoms with Gasteiger partial charge in [0.1, 0.15) is 23.0 Å². The number of carbonyl (C=O) groups excluding carboxylic acids is 1. The lowest BCUT2D eigenvalue weighted by Gasteiger charge is -2.05. The van der Waals surface area contributed by atoms with E-state index in [1.54, 1.807) is 25.3 Å². The zero-order valence-corrected chi connectivity index (χ0v) is 13.7. The van der Waals surface area contributed by atoms with Crippen LogP contribution in [0.25, 0.3) is 10.9 Å². The van der Waals surface area contributed by atoms with Crippen LogP contribution in [0.3, 0.4) is 0 Å². The van der Waals surface area contributed by atoms with Gasteiger partial charge < -0.3 is 19.8 Å². The SMILES string of the molecule is COc1cc(OC)c2[nH]c(C(=O)Nc3ccc(F)c(Cl)c3)cc2c1. The number of aromatic amines is 1. The summed E-state index contributed by atoms with van der Waals surface area (Å²) in [6.45, 7) is 0. The number of fused-ring (bicyclic) bond motifs is 1. The van der Waals surface area contributed by atoms with Crippen LogP contribution in [0, 0.1) is 5.82 Å². The summed E-state index contributed by atoms with van der Waals surface area (Å²) in [7, 11) is 3.09. The topological polar surface area (TPSA) is 63.4 Å². The van der Waals surface area contributed by atoms with Crippen LogP contribution in [0.15, 0.2) is 36.4 Å². The molecule has 124 valence electrons. The predicted octanol–water partition coefficient (Wildman–Crippen LogP) is 4.23. The van der Waals surface area contributed by atoms with Crippen molar-refractivity contribution >= 4 is 34.1 Å². The molecule has 0 aliphatic carbocycles. The van der Waals surface area contributed by atoms with Crippen LogP contribution in [0.4, 0.5) is 10.1 Å². The van der Waals surface area contributed by atoms with Crippen molar-refractivity contribution in [2.45, 2.75) is 0 Å². The second kappa shape index (κ2) is 6.41. The zero-order chi connectivity index (χ0) is 17.3. The minimum Gasteiger partial charge on any atom is -0.497 e. The largest absolute Gasteiger partial charge is 0.497 e. The van der Waals surface area contributed by atoms with Gasteiger partial charge in [0.25, 0.3) is 5.91 Å². The van der Waals surface area contributed by atoms with E-state index in [2.05, 4.69) is 10.3 Å². The Morgan fingerprint density at radius 3 is 2.62 bits per heavy atom. The number of halogens is 2. The molecule has 0 aliphatic rings. The van der Waals surface area contributed by atoms with Gasteiger partial charge in [-0.3, -0.25) is 4.79 Å². The fraction of sp³-hybridized carbons (Fsp3) is 0.118. The molecule has 3 rings (SSSR count). The van der Waals surface area contributed by atoms with Crippen molar-refractivity contribution in [3.8, 4) is 11.5 Å². The molecule has 0 atom stereocenters. The summed E-state index contributed by atoms with van der Waals surface area (Å²) < 4.78 is 23.7. The zero-order valence-electron chi connectivity index (χ0n) is 12.9. The predicted molar refractivity (Wildman–Crippen MR) is 90.8 cm³/mol. The molecular formula is C17H14ClFN2O3. The van der Waals surface area contributed by atoms with Gasteiger partial charge in [0.2, 0.25) is 0 Å². The molecule has 1 aromatic heterocycles. The van der Waals surface area contributed by atoms with Gasteiger partial charge in [0.05, 0.1) is 24.8 Å². The van der Waals surface area contributed by atoms with Gasteiger partial charge in [-0.25, -0.2) is 4.39 Å². The first-order chi connectivity index (χ1) is 11.5. The number of H-pyrrole nitrogens is 1. The maximum Gasteiger partial charge on any atom is 0.272 e. The number of ether oxygens (including phenoxy) is 2. The molecule has 0 spiro atoms. The summed E-state index contributed by atoms with van der Waals surface area (Å²) in [5.74, 6) is 0.260. The van der Waals surface area contributed by atoms with E-state index in [9.17, 15) is 9.18 Å². The molecule has 1 amide bonds. The summed E-state index contributed by atoms with van der Waals surface area (Å²) >= 11 is 5.72.